The number of amides is 1. The minimum atomic E-state index is -3.53. The topological polar surface area (TPSA) is 92.3 Å². The van der Waals surface area contributed by atoms with Crippen LogP contribution in [-0.2, 0) is 10.0 Å². The standard InChI is InChI=1S/C19H23ClN4O3S2/c1-3-28-19-21-11-16(20)17(23-19)18(25)22-14-6-8-15(9-7-14)29(26,27)24-10-4-5-13(2)12-24/h6-9,11,13H,3-5,10,12H2,1-2H3,(H,22,25). The second-order valence-electron chi connectivity index (χ2n) is 6.87. The molecule has 7 nitrogen and oxygen atoms in total. The molecule has 1 aliphatic rings. The molecular formula is C19H23ClN4O3S2. The average Bonchev–Trinajstić information content (AvgIpc) is 2.70. The number of hydrogen-bond acceptors (Lipinski definition) is 6. The van der Waals surface area contributed by atoms with Crippen LogP contribution in [-0.4, -0.2) is 47.4 Å². The minimum Gasteiger partial charge on any atom is -0.321 e. The number of hydrogen-bond donors (Lipinski definition) is 1. The van der Waals surface area contributed by atoms with Gasteiger partial charge in [0.25, 0.3) is 5.91 Å². The zero-order valence-corrected chi connectivity index (χ0v) is 18.6. The van der Waals surface area contributed by atoms with Gasteiger partial charge >= 0.3 is 0 Å². The van der Waals surface area contributed by atoms with Gasteiger partial charge in [-0.25, -0.2) is 18.4 Å². The maximum atomic E-state index is 12.8. The van der Waals surface area contributed by atoms with Crippen molar-refractivity contribution in [1.82, 2.24) is 14.3 Å². The van der Waals surface area contributed by atoms with Crippen molar-refractivity contribution in [3.8, 4) is 0 Å². The first-order valence-electron chi connectivity index (χ1n) is 9.38. The van der Waals surface area contributed by atoms with Crippen LogP contribution in [0.15, 0.2) is 40.5 Å². The van der Waals surface area contributed by atoms with E-state index in [2.05, 4.69) is 22.2 Å². The normalized spacial score (nSPS) is 17.8. The van der Waals surface area contributed by atoms with Crippen LogP contribution < -0.4 is 5.32 Å². The van der Waals surface area contributed by atoms with Gasteiger partial charge in [0.15, 0.2) is 10.9 Å². The third-order valence-electron chi connectivity index (χ3n) is 4.58. The summed E-state index contributed by atoms with van der Waals surface area (Å²) in [5.74, 6) is 0.648. The van der Waals surface area contributed by atoms with Crippen LogP contribution in [0.5, 0.6) is 0 Å². The van der Waals surface area contributed by atoms with E-state index < -0.39 is 15.9 Å². The van der Waals surface area contributed by atoms with Gasteiger partial charge in [0.1, 0.15) is 0 Å². The number of rotatable bonds is 6. The number of nitrogens with zero attached hydrogens (tertiary/aromatic N) is 3. The molecule has 1 aliphatic heterocycles. The largest absolute Gasteiger partial charge is 0.321 e. The van der Waals surface area contributed by atoms with Crippen molar-refractivity contribution in [3.05, 3.63) is 41.2 Å². The Balaban J connectivity index is 1.74. The summed E-state index contributed by atoms with van der Waals surface area (Å²) in [5, 5.41) is 3.33. The molecule has 0 radical (unpaired) electrons. The van der Waals surface area contributed by atoms with Crippen LogP contribution in [0.4, 0.5) is 5.69 Å². The summed E-state index contributed by atoms with van der Waals surface area (Å²) in [5.41, 5.74) is 0.539. The Labute approximate surface area is 180 Å². The third kappa shape index (κ3) is 5.28. The van der Waals surface area contributed by atoms with E-state index >= 15 is 0 Å². The second-order valence-corrected chi connectivity index (χ2v) is 10.4. The molecule has 1 amide bonds. The Morgan fingerprint density at radius 2 is 2.07 bits per heavy atom. The molecule has 1 atom stereocenters. The van der Waals surface area contributed by atoms with Gasteiger partial charge in [-0.3, -0.25) is 4.79 Å². The molecule has 3 rings (SSSR count). The molecule has 156 valence electrons. The highest BCUT2D eigenvalue weighted by Crippen LogP contribution is 2.25. The van der Waals surface area contributed by atoms with E-state index in [1.807, 2.05) is 6.92 Å². The Kier molecular flexibility index (Phi) is 7.15. The summed E-state index contributed by atoms with van der Waals surface area (Å²) in [4.78, 5) is 21.0. The average molecular weight is 455 g/mol. The molecule has 1 aromatic carbocycles. The lowest BCUT2D eigenvalue weighted by atomic mass is 10.0. The lowest BCUT2D eigenvalue weighted by Crippen LogP contribution is -2.39. The monoisotopic (exact) mass is 454 g/mol. The first-order chi connectivity index (χ1) is 13.8. The first kappa shape index (κ1) is 22.0. The summed E-state index contributed by atoms with van der Waals surface area (Å²) in [7, 11) is -3.53. The Hall–Kier alpha value is -1.68. The van der Waals surface area contributed by atoms with Crippen LogP contribution in [0.3, 0.4) is 0 Å². The van der Waals surface area contributed by atoms with Gasteiger partial charge in [-0.05, 0) is 48.8 Å². The molecule has 29 heavy (non-hydrogen) atoms. The van der Waals surface area contributed by atoms with E-state index in [4.69, 9.17) is 11.6 Å². The van der Waals surface area contributed by atoms with Gasteiger partial charge in [-0.1, -0.05) is 37.2 Å². The smallest absolute Gasteiger partial charge is 0.275 e. The molecule has 2 aromatic rings. The number of halogens is 1. The Bertz CT molecular complexity index is 983. The number of aromatic nitrogens is 2. The summed E-state index contributed by atoms with van der Waals surface area (Å²) in [6.45, 7) is 5.09. The molecule has 1 saturated heterocycles. The van der Waals surface area contributed by atoms with E-state index in [1.54, 1.807) is 12.1 Å². The lowest BCUT2D eigenvalue weighted by Gasteiger charge is -2.30. The maximum absolute atomic E-state index is 12.8. The number of anilines is 1. The molecule has 2 heterocycles. The van der Waals surface area contributed by atoms with Gasteiger partial charge in [0.2, 0.25) is 10.0 Å². The highest BCUT2D eigenvalue weighted by atomic mass is 35.5. The zero-order valence-electron chi connectivity index (χ0n) is 16.3. The van der Waals surface area contributed by atoms with E-state index in [1.165, 1.54) is 34.4 Å². The second kappa shape index (κ2) is 9.42. The molecule has 1 aromatic heterocycles. The van der Waals surface area contributed by atoms with Gasteiger partial charge < -0.3 is 5.32 Å². The van der Waals surface area contributed by atoms with E-state index in [9.17, 15) is 13.2 Å². The minimum absolute atomic E-state index is 0.0802. The fourth-order valence-electron chi connectivity index (χ4n) is 3.12. The highest BCUT2D eigenvalue weighted by Gasteiger charge is 2.28. The molecule has 1 fully saturated rings. The van der Waals surface area contributed by atoms with Gasteiger partial charge in [0, 0.05) is 18.8 Å². The highest BCUT2D eigenvalue weighted by molar-refractivity contribution is 7.99. The maximum Gasteiger partial charge on any atom is 0.275 e. The molecule has 0 saturated carbocycles. The molecule has 10 heteroatoms. The SMILES string of the molecule is CCSc1ncc(Cl)c(C(=O)Nc2ccc(S(=O)(=O)N3CCCC(C)C3)cc2)n1. The van der Waals surface area contributed by atoms with Crippen LogP contribution in [0, 0.1) is 5.92 Å². The molecule has 1 unspecified atom stereocenters. The van der Waals surface area contributed by atoms with E-state index in [0.717, 1.165) is 18.6 Å². The van der Waals surface area contributed by atoms with Gasteiger partial charge in [-0.15, -0.1) is 0 Å². The summed E-state index contributed by atoms with van der Waals surface area (Å²) in [6.07, 6.45) is 3.31. The van der Waals surface area contributed by atoms with Crippen molar-refractivity contribution in [2.75, 3.05) is 24.2 Å². The fourth-order valence-corrected chi connectivity index (χ4v) is 5.44. The van der Waals surface area contributed by atoms with Crippen LogP contribution >= 0.6 is 23.4 Å². The van der Waals surface area contributed by atoms with Crippen molar-refractivity contribution in [3.63, 3.8) is 0 Å². The van der Waals surface area contributed by atoms with E-state index in [-0.39, 0.29) is 15.6 Å². The number of sulfonamides is 1. The van der Waals surface area contributed by atoms with Crippen molar-refractivity contribution in [2.45, 2.75) is 36.7 Å². The number of nitrogens with one attached hydrogen (secondary N) is 1. The predicted molar refractivity (Wildman–Crippen MR) is 115 cm³/mol. The van der Waals surface area contributed by atoms with E-state index in [0.29, 0.717) is 29.9 Å². The van der Waals surface area contributed by atoms with Crippen LogP contribution in [0.2, 0.25) is 5.02 Å². The third-order valence-corrected chi connectivity index (χ3v) is 7.48. The quantitative estimate of drug-likeness (QED) is 0.525. The van der Waals surface area contributed by atoms with Crippen LogP contribution in [0.25, 0.3) is 0 Å². The summed E-state index contributed by atoms with van der Waals surface area (Å²) in [6, 6.07) is 6.14. The number of thioether (sulfide) groups is 1. The number of carbonyl (C=O) groups is 1. The molecule has 0 spiro atoms. The zero-order chi connectivity index (χ0) is 21.0. The number of benzene rings is 1. The van der Waals surface area contributed by atoms with Crippen molar-refractivity contribution in [1.29, 1.82) is 0 Å². The summed E-state index contributed by atoms with van der Waals surface area (Å²) >= 11 is 7.47. The number of piperidine rings is 1. The van der Waals surface area contributed by atoms with Crippen molar-refractivity contribution >= 4 is 45.0 Å². The first-order valence-corrected chi connectivity index (χ1v) is 12.2. The summed E-state index contributed by atoms with van der Waals surface area (Å²) < 4.78 is 27.2. The molecule has 0 aliphatic carbocycles. The van der Waals surface area contributed by atoms with Gasteiger partial charge in [-0.2, -0.15) is 4.31 Å². The van der Waals surface area contributed by atoms with Crippen LogP contribution in [0.1, 0.15) is 37.2 Å². The lowest BCUT2D eigenvalue weighted by molar-refractivity contribution is 0.102. The Morgan fingerprint density at radius 1 is 1.34 bits per heavy atom. The van der Waals surface area contributed by atoms with Crippen molar-refractivity contribution in [2.24, 2.45) is 5.92 Å². The molecule has 1 N–H and O–H groups in total. The van der Waals surface area contributed by atoms with Gasteiger partial charge in [0.05, 0.1) is 16.1 Å². The number of carbonyl (C=O) groups excluding carboxylic acids is 1. The molecular weight excluding hydrogens is 432 g/mol. The predicted octanol–water partition coefficient (Wildman–Crippen LogP) is 3.91. The molecule has 0 bridgehead atoms. The fraction of sp³-hybridized carbons (Fsp3) is 0.421. The Morgan fingerprint density at radius 3 is 2.72 bits per heavy atom. The van der Waals surface area contributed by atoms with Crippen molar-refractivity contribution < 1.29 is 13.2 Å².